The van der Waals surface area contributed by atoms with Crippen LogP contribution in [0.5, 0.6) is 5.75 Å². The largest absolute Gasteiger partial charge is 0.503 e. The van der Waals surface area contributed by atoms with Crippen LogP contribution >= 0.6 is 12.2 Å². The van der Waals surface area contributed by atoms with Crippen LogP contribution in [-0.2, 0) is 24.8 Å². The minimum atomic E-state index is -0.190. The average molecular weight is 412 g/mol. The Kier molecular flexibility index (Phi) is 5.23. The molecule has 4 rings (SSSR count). The van der Waals surface area contributed by atoms with Crippen LogP contribution in [0.3, 0.4) is 0 Å². The second-order valence-corrected chi connectivity index (χ2v) is 9.01. The summed E-state index contributed by atoms with van der Waals surface area (Å²) in [5.41, 5.74) is 3.00. The summed E-state index contributed by atoms with van der Waals surface area (Å²) in [6.45, 7) is 4.82. The van der Waals surface area contributed by atoms with Crippen LogP contribution in [0.25, 0.3) is 0 Å². The van der Waals surface area contributed by atoms with Gasteiger partial charge in [-0.05, 0) is 37.3 Å². The summed E-state index contributed by atoms with van der Waals surface area (Å²) >= 11 is 5.34. The number of likely N-dealkylation sites (N-methyl/N-ethyl adjacent to an activating group) is 1. The first-order chi connectivity index (χ1) is 13.9. The fourth-order valence-electron chi connectivity index (χ4n) is 4.93. The molecule has 2 aliphatic rings. The second-order valence-electron chi connectivity index (χ2n) is 8.62. The molecule has 1 amide bonds. The average Bonchev–Trinajstić information content (AvgIpc) is 3.19. The summed E-state index contributed by atoms with van der Waals surface area (Å²) in [6, 6.07) is 8.94. The van der Waals surface area contributed by atoms with Crippen molar-refractivity contribution in [3.05, 3.63) is 51.6 Å². The SMILES string of the molecule is CCc1cccc(C2(Cc3nc(=S)c(O)c4n3C[C@H](C)N(C)C4=O)CCCC2)c1. The summed E-state index contributed by atoms with van der Waals surface area (Å²) in [5, 5.41) is 10.5. The Morgan fingerprint density at radius 3 is 2.72 bits per heavy atom. The van der Waals surface area contributed by atoms with Gasteiger partial charge >= 0.3 is 0 Å². The molecule has 0 unspecified atom stereocenters. The summed E-state index contributed by atoms with van der Waals surface area (Å²) in [4.78, 5) is 19.2. The highest BCUT2D eigenvalue weighted by Crippen LogP contribution is 2.44. The molecule has 0 bridgehead atoms. The minimum Gasteiger partial charge on any atom is -0.503 e. The molecular weight excluding hydrogens is 382 g/mol. The number of hydrogen-bond donors (Lipinski definition) is 1. The van der Waals surface area contributed by atoms with Crippen LogP contribution in [0, 0.1) is 4.64 Å². The third-order valence-corrected chi connectivity index (χ3v) is 7.16. The molecule has 5 nitrogen and oxygen atoms in total. The van der Waals surface area contributed by atoms with E-state index in [2.05, 4.69) is 36.2 Å². The minimum absolute atomic E-state index is 0.00727. The van der Waals surface area contributed by atoms with E-state index < -0.39 is 0 Å². The molecule has 1 N–H and O–H groups in total. The van der Waals surface area contributed by atoms with Gasteiger partial charge in [0.1, 0.15) is 5.82 Å². The molecule has 1 aromatic carbocycles. The zero-order valence-electron chi connectivity index (χ0n) is 17.4. The van der Waals surface area contributed by atoms with Gasteiger partial charge < -0.3 is 14.6 Å². The van der Waals surface area contributed by atoms with E-state index in [1.807, 2.05) is 11.5 Å². The van der Waals surface area contributed by atoms with Crippen molar-refractivity contribution in [3.8, 4) is 5.75 Å². The van der Waals surface area contributed by atoms with Crippen molar-refractivity contribution in [3.63, 3.8) is 0 Å². The number of benzene rings is 1. The number of aromatic nitrogens is 2. The smallest absolute Gasteiger partial charge is 0.274 e. The molecule has 1 saturated carbocycles. The van der Waals surface area contributed by atoms with E-state index in [9.17, 15) is 9.90 Å². The molecule has 154 valence electrons. The Bertz CT molecular complexity index is 1010. The number of aryl methyl sites for hydroxylation is 1. The van der Waals surface area contributed by atoms with Crippen molar-refractivity contribution in [2.75, 3.05) is 7.05 Å². The molecule has 0 spiro atoms. The lowest BCUT2D eigenvalue weighted by Crippen LogP contribution is -2.46. The van der Waals surface area contributed by atoms with E-state index in [-0.39, 0.29) is 33.4 Å². The van der Waals surface area contributed by atoms with Crippen LogP contribution in [-0.4, -0.2) is 38.6 Å². The summed E-state index contributed by atoms with van der Waals surface area (Å²) < 4.78 is 2.04. The lowest BCUT2D eigenvalue weighted by Gasteiger charge is -2.36. The number of aromatic hydroxyl groups is 1. The fourth-order valence-corrected chi connectivity index (χ4v) is 5.14. The van der Waals surface area contributed by atoms with E-state index in [4.69, 9.17) is 12.2 Å². The van der Waals surface area contributed by atoms with E-state index in [1.165, 1.54) is 24.0 Å². The maximum Gasteiger partial charge on any atom is 0.274 e. The first kappa shape index (κ1) is 20.1. The zero-order valence-corrected chi connectivity index (χ0v) is 18.3. The zero-order chi connectivity index (χ0) is 20.8. The molecule has 1 aliphatic carbocycles. The van der Waals surface area contributed by atoms with Crippen LogP contribution in [0.2, 0.25) is 0 Å². The third-order valence-electron chi connectivity index (χ3n) is 6.87. The van der Waals surface area contributed by atoms with Crippen molar-refractivity contribution < 1.29 is 9.90 Å². The van der Waals surface area contributed by atoms with E-state index in [0.717, 1.165) is 31.5 Å². The summed E-state index contributed by atoms with van der Waals surface area (Å²) in [6.07, 6.45) is 6.35. The highest BCUT2D eigenvalue weighted by Gasteiger charge is 2.39. The van der Waals surface area contributed by atoms with Gasteiger partial charge in [0.15, 0.2) is 16.1 Å². The number of carbonyl (C=O) groups excluding carboxylic acids is 1. The van der Waals surface area contributed by atoms with Gasteiger partial charge in [-0.15, -0.1) is 0 Å². The number of nitrogens with zero attached hydrogens (tertiary/aromatic N) is 3. The molecule has 6 heteroatoms. The van der Waals surface area contributed by atoms with Crippen molar-refractivity contribution in [1.82, 2.24) is 14.5 Å². The van der Waals surface area contributed by atoms with Crippen molar-refractivity contribution in [2.45, 2.75) is 70.4 Å². The highest BCUT2D eigenvalue weighted by molar-refractivity contribution is 7.71. The quantitative estimate of drug-likeness (QED) is 0.757. The van der Waals surface area contributed by atoms with Gasteiger partial charge in [0.2, 0.25) is 0 Å². The predicted octanol–water partition coefficient (Wildman–Crippen LogP) is 4.41. The molecule has 1 aliphatic heterocycles. The Hall–Kier alpha value is -2.21. The number of fused-ring (bicyclic) bond motifs is 1. The maximum atomic E-state index is 12.9. The predicted molar refractivity (Wildman–Crippen MR) is 116 cm³/mol. The molecule has 2 aromatic rings. The molecule has 1 fully saturated rings. The first-order valence-electron chi connectivity index (χ1n) is 10.6. The number of rotatable bonds is 4. The van der Waals surface area contributed by atoms with Gasteiger partial charge in [-0.1, -0.05) is 56.2 Å². The van der Waals surface area contributed by atoms with Gasteiger partial charge in [0, 0.05) is 31.5 Å². The fraction of sp³-hybridized carbons (Fsp3) is 0.522. The first-order valence-corrected chi connectivity index (χ1v) is 11.0. The van der Waals surface area contributed by atoms with Crippen LogP contribution in [0.1, 0.15) is 67.0 Å². The van der Waals surface area contributed by atoms with Gasteiger partial charge in [-0.25, -0.2) is 4.98 Å². The molecule has 0 saturated heterocycles. The Morgan fingerprint density at radius 2 is 2.03 bits per heavy atom. The lowest BCUT2D eigenvalue weighted by atomic mass is 9.75. The van der Waals surface area contributed by atoms with Crippen LogP contribution in [0.15, 0.2) is 24.3 Å². The number of amides is 1. The molecule has 2 heterocycles. The van der Waals surface area contributed by atoms with E-state index in [0.29, 0.717) is 6.54 Å². The lowest BCUT2D eigenvalue weighted by molar-refractivity contribution is 0.0661. The highest BCUT2D eigenvalue weighted by atomic mass is 32.1. The summed E-state index contributed by atoms with van der Waals surface area (Å²) in [5.74, 6) is 0.463. The van der Waals surface area contributed by atoms with Gasteiger partial charge in [-0.3, -0.25) is 4.79 Å². The molecular formula is C23H29N3O2S. The molecule has 1 aromatic heterocycles. The third kappa shape index (κ3) is 3.37. The molecule has 1 atom stereocenters. The second kappa shape index (κ2) is 7.56. The van der Waals surface area contributed by atoms with Gasteiger partial charge in [0.05, 0.1) is 0 Å². The maximum absolute atomic E-state index is 12.9. The normalized spacial score (nSPS) is 20.7. The van der Waals surface area contributed by atoms with Crippen molar-refractivity contribution in [1.29, 1.82) is 0 Å². The monoisotopic (exact) mass is 411 g/mol. The van der Waals surface area contributed by atoms with Crippen LogP contribution in [0.4, 0.5) is 0 Å². The van der Waals surface area contributed by atoms with Crippen LogP contribution < -0.4 is 0 Å². The van der Waals surface area contributed by atoms with Crippen molar-refractivity contribution in [2.24, 2.45) is 0 Å². The van der Waals surface area contributed by atoms with Crippen molar-refractivity contribution >= 4 is 18.1 Å². The standard InChI is InChI=1S/C23H29N3O2S/c1-4-16-8-7-9-17(12-16)23(10-5-6-11-23)13-18-24-21(29)20(27)19-22(28)25(3)15(2)14-26(18)19/h7-9,12,15,27H,4-6,10-11,13-14H2,1-3H3/t15-/m0/s1. The van der Waals surface area contributed by atoms with Gasteiger partial charge in [-0.2, -0.15) is 0 Å². The van der Waals surface area contributed by atoms with Gasteiger partial charge in [0.25, 0.3) is 5.91 Å². The Labute approximate surface area is 177 Å². The molecule has 29 heavy (non-hydrogen) atoms. The van der Waals surface area contributed by atoms with E-state index >= 15 is 0 Å². The number of hydrogen-bond acceptors (Lipinski definition) is 4. The number of carbonyl (C=O) groups is 1. The topological polar surface area (TPSA) is 58.4 Å². The van der Waals surface area contributed by atoms with E-state index in [1.54, 1.807) is 11.9 Å². The summed E-state index contributed by atoms with van der Waals surface area (Å²) in [7, 11) is 1.77. The Morgan fingerprint density at radius 1 is 1.31 bits per heavy atom. The molecule has 0 radical (unpaired) electrons. The Balaban J connectivity index is 1.83.